The summed E-state index contributed by atoms with van der Waals surface area (Å²) in [5, 5.41) is 3.19. The standard InChI is InChI=1S/C9H19NO2S/c1-3-10-8-6-4-5-7-9-13(2,11)12/h4-5,10H,3,6-9H2,1-2H3. The van der Waals surface area contributed by atoms with E-state index in [1.807, 2.05) is 12.2 Å². The van der Waals surface area contributed by atoms with E-state index in [9.17, 15) is 8.42 Å². The average Bonchev–Trinajstić information content (AvgIpc) is 2.01. The van der Waals surface area contributed by atoms with Gasteiger partial charge in [-0.3, -0.25) is 0 Å². The van der Waals surface area contributed by atoms with Crippen molar-refractivity contribution in [2.45, 2.75) is 19.8 Å². The van der Waals surface area contributed by atoms with E-state index in [0.717, 1.165) is 19.5 Å². The Morgan fingerprint density at radius 1 is 1.23 bits per heavy atom. The molecular weight excluding hydrogens is 186 g/mol. The first-order chi connectivity index (χ1) is 6.06. The van der Waals surface area contributed by atoms with Gasteiger partial charge in [0.25, 0.3) is 0 Å². The first-order valence-electron chi connectivity index (χ1n) is 4.59. The summed E-state index contributed by atoms with van der Waals surface area (Å²) in [6, 6.07) is 0. The molecule has 4 heteroatoms. The van der Waals surface area contributed by atoms with E-state index in [0.29, 0.717) is 6.42 Å². The minimum absolute atomic E-state index is 0.255. The van der Waals surface area contributed by atoms with Crippen molar-refractivity contribution in [2.24, 2.45) is 0 Å². The maximum atomic E-state index is 10.7. The van der Waals surface area contributed by atoms with Crippen molar-refractivity contribution >= 4 is 9.84 Å². The van der Waals surface area contributed by atoms with Crippen LogP contribution in [0.5, 0.6) is 0 Å². The average molecular weight is 205 g/mol. The van der Waals surface area contributed by atoms with Gasteiger partial charge in [-0.15, -0.1) is 0 Å². The van der Waals surface area contributed by atoms with E-state index < -0.39 is 9.84 Å². The normalized spacial score (nSPS) is 12.5. The number of hydrogen-bond acceptors (Lipinski definition) is 3. The quantitative estimate of drug-likeness (QED) is 0.498. The lowest BCUT2D eigenvalue weighted by molar-refractivity contribution is 0.601. The molecule has 0 rings (SSSR count). The molecule has 0 aliphatic rings. The van der Waals surface area contributed by atoms with Gasteiger partial charge in [0, 0.05) is 6.26 Å². The van der Waals surface area contributed by atoms with Gasteiger partial charge in [-0.25, -0.2) is 8.42 Å². The highest BCUT2D eigenvalue weighted by atomic mass is 32.2. The van der Waals surface area contributed by atoms with Crippen LogP contribution in [0.2, 0.25) is 0 Å². The molecule has 0 atom stereocenters. The molecule has 0 heterocycles. The van der Waals surface area contributed by atoms with Crippen molar-refractivity contribution in [3.8, 4) is 0 Å². The summed E-state index contributed by atoms with van der Waals surface area (Å²) < 4.78 is 21.4. The Morgan fingerprint density at radius 3 is 2.38 bits per heavy atom. The van der Waals surface area contributed by atoms with Gasteiger partial charge in [-0.05, 0) is 25.9 Å². The van der Waals surface area contributed by atoms with Crippen molar-refractivity contribution in [3.05, 3.63) is 12.2 Å². The predicted octanol–water partition coefficient (Wildman–Crippen LogP) is 0.977. The van der Waals surface area contributed by atoms with Crippen molar-refractivity contribution in [1.29, 1.82) is 0 Å². The van der Waals surface area contributed by atoms with Crippen molar-refractivity contribution in [2.75, 3.05) is 25.1 Å². The number of rotatable bonds is 7. The molecule has 0 aromatic carbocycles. The molecule has 0 aliphatic heterocycles. The third kappa shape index (κ3) is 11.7. The monoisotopic (exact) mass is 205 g/mol. The van der Waals surface area contributed by atoms with E-state index in [1.165, 1.54) is 6.26 Å². The molecule has 0 saturated heterocycles. The summed E-state index contributed by atoms with van der Waals surface area (Å²) in [4.78, 5) is 0. The number of allylic oxidation sites excluding steroid dienone is 1. The van der Waals surface area contributed by atoms with Crippen LogP contribution in [0, 0.1) is 0 Å². The van der Waals surface area contributed by atoms with E-state index in [1.54, 1.807) is 0 Å². The van der Waals surface area contributed by atoms with Crippen LogP contribution in [0.3, 0.4) is 0 Å². The van der Waals surface area contributed by atoms with Crippen LogP contribution < -0.4 is 5.32 Å². The fourth-order valence-electron chi connectivity index (χ4n) is 0.880. The molecule has 1 N–H and O–H groups in total. The molecule has 0 bridgehead atoms. The predicted molar refractivity (Wildman–Crippen MR) is 56.6 cm³/mol. The third-order valence-corrected chi connectivity index (χ3v) is 2.54. The lowest BCUT2D eigenvalue weighted by Crippen LogP contribution is -2.12. The summed E-state index contributed by atoms with van der Waals surface area (Å²) in [6.45, 7) is 4.01. The molecule has 0 spiro atoms. The SMILES string of the molecule is CCNCCC=CCCS(C)(=O)=O. The van der Waals surface area contributed by atoms with Gasteiger partial charge in [-0.1, -0.05) is 19.1 Å². The Morgan fingerprint density at radius 2 is 1.85 bits per heavy atom. The molecule has 3 nitrogen and oxygen atoms in total. The van der Waals surface area contributed by atoms with Crippen LogP contribution in [0.15, 0.2) is 12.2 Å². The highest BCUT2D eigenvalue weighted by Crippen LogP contribution is 1.91. The fourth-order valence-corrected chi connectivity index (χ4v) is 1.44. The fraction of sp³-hybridized carbons (Fsp3) is 0.778. The van der Waals surface area contributed by atoms with Crippen LogP contribution in [0.25, 0.3) is 0 Å². The lowest BCUT2D eigenvalue weighted by Gasteiger charge is -1.95. The number of sulfone groups is 1. The van der Waals surface area contributed by atoms with Crippen LogP contribution >= 0.6 is 0 Å². The molecule has 0 saturated carbocycles. The maximum Gasteiger partial charge on any atom is 0.147 e. The van der Waals surface area contributed by atoms with E-state index in [2.05, 4.69) is 12.2 Å². The Balaban J connectivity index is 3.32. The zero-order chi connectivity index (χ0) is 10.2. The third-order valence-electron chi connectivity index (χ3n) is 1.56. The second-order valence-electron chi connectivity index (χ2n) is 3.03. The lowest BCUT2D eigenvalue weighted by atomic mass is 10.3. The summed E-state index contributed by atoms with van der Waals surface area (Å²) in [6.07, 6.45) is 6.81. The van der Waals surface area contributed by atoms with Crippen LogP contribution in [0.4, 0.5) is 0 Å². The molecule has 0 unspecified atom stereocenters. The minimum atomic E-state index is -2.79. The summed E-state index contributed by atoms with van der Waals surface area (Å²) in [5.41, 5.74) is 0. The van der Waals surface area contributed by atoms with Gasteiger partial charge in [0.2, 0.25) is 0 Å². The minimum Gasteiger partial charge on any atom is -0.317 e. The van der Waals surface area contributed by atoms with Crippen LogP contribution in [-0.4, -0.2) is 33.5 Å². The molecule has 0 fully saturated rings. The van der Waals surface area contributed by atoms with Crippen LogP contribution in [0.1, 0.15) is 19.8 Å². The number of nitrogens with one attached hydrogen (secondary N) is 1. The Hall–Kier alpha value is -0.350. The highest BCUT2D eigenvalue weighted by molar-refractivity contribution is 7.90. The summed E-state index contributed by atoms with van der Waals surface area (Å²) in [7, 11) is -2.79. The molecule has 13 heavy (non-hydrogen) atoms. The molecule has 0 amide bonds. The van der Waals surface area contributed by atoms with E-state index >= 15 is 0 Å². The van der Waals surface area contributed by atoms with Gasteiger partial charge in [0.15, 0.2) is 0 Å². The molecule has 0 radical (unpaired) electrons. The second kappa shape index (κ2) is 7.09. The maximum absolute atomic E-state index is 10.7. The topological polar surface area (TPSA) is 46.2 Å². The summed E-state index contributed by atoms with van der Waals surface area (Å²) >= 11 is 0. The first kappa shape index (κ1) is 12.7. The highest BCUT2D eigenvalue weighted by Gasteiger charge is 1.97. The van der Waals surface area contributed by atoms with Gasteiger partial charge >= 0.3 is 0 Å². The summed E-state index contributed by atoms with van der Waals surface area (Å²) in [5.74, 6) is 0.255. The molecule has 0 aromatic rings. The van der Waals surface area contributed by atoms with Crippen molar-refractivity contribution in [3.63, 3.8) is 0 Å². The van der Waals surface area contributed by atoms with Crippen molar-refractivity contribution < 1.29 is 8.42 Å². The largest absolute Gasteiger partial charge is 0.317 e. The van der Waals surface area contributed by atoms with Gasteiger partial charge in [0.05, 0.1) is 5.75 Å². The molecule has 0 aromatic heterocycles. The molecule has 78 valence electrons. The Bertz CT molecular complexity index is 232. The van der Waals surface area contributed by atoms with E-state index in [4.69, 9.17) is 0 Å². The molecular formula is C9H19NO2S. The first-order valence-corrected chi connectivity index (χ1v) is 6.65. The van der Waals surface area contributed by atoms with Crippen molar-refractivity contribution in [1.82, 2.24) is 5.32 Å². The zero-order valence-corrected chi connectivity index (χ0v) is 9.23. The van der Waals surface area contributed by atoms with Gasteiger partial charge < -0.3 is 5.32 Å². The smallest absolute Gasteiger partial charge is 0.147 e. The van der Waals surface area contributed by atoms with Gasteiger partial charge in [0.1, 0.15) is 9.84 Å². The Kier molecular flexibility index (Phi) is 6.90. The molecule has 0 aliphatic carbocycles. The zero-order valence-electron chi connectivity index (χ0n) is 8.41. The number of hydrogen-bond donors (Lipinski definition) is 1. The second-order valence-corrected chi connectivity index (χ2v) is 5.29. The van der Waals surface area contributed by atoms with Crippen LogP contribution in [-0.2, 0) is 9.84 Å². The van der Waals surface area contributed by atoms with E-state index in [-0.39, 0.29) is 5.75 Å². The Labute approximate surface area is 81.1 Å². The van der Waals surface area contributed by atoms with Gasteiger partial charge in [-0.2, -0.15) is 0 Å².